The first-order valence-corrected chi connectivity index (χ1v) is 6.75. The molecule has 2 rings (SSSR count). The van der Waals surface area contributed by atoms with Crippen molar-refractivity contribution in [2.24, 2.45) is 0 Å². The Labute approximate surface area is 130 Å². The molecule has 1 heterocycles. The van der Waals surface area contributed by atoms with Crippen LogP contribution in [0.4, 0.5) is 13.2 Å². The van der Waals surface area contributed by atoms with Gasteiger partial charge in [0.1, 0.15) is 0 Å². The van der Waals surface area contributed by atoms with Gasteiger partial charge in [0.05, 0.1) is 22.3 Å². The average molecular weight is 329 g/mol. The van der Waals surface area contributed by atoms with Crippen molar-refractivity contribution in [2.45, 2.75) is 19.1 Å². The highest BCUT2D eigenvalue weighted by atomic mass is 35.5. The topological polar surface area (TPSA) is 42.0 Å². The molecule has 0 fully saturated rings. The van der Waals surface area contributed by atoms with E-state index in [0.717, 1.165) is 12.1 Å². The largest absolute Gasteiger partial charge is 0.417 e. The number of halogens is 4. The summed E-state index contributed by atoms with van der Waals surface area (Å²) in [6, 6.07) is 7.82. The number of amides is 1. The first kappa shape index (κ1) is 16.3. The smallest absolute Gasteiger partial charge is 0.344 e. The molecular formula is C15H12ClF3N2O. The number of nitrogens with zero attached hydrogens (tertiary/aromatic N) is 1. The van der Waals surface area contributed by atoms with Gasteiger partial charge < -0.3 is 5.32 Å². The molecule has 0 spiro atoms. The van der Waals surface area contributed by atoms with Crippen LogP contribution in [0.3, 0.4) is 0 Å². The Kier molecular flexibility index (Phi) is 4.71. The summed E-state index contributed by atoms with van der Waals surface area (Å²) in [4.78, 5) is 16.2. The van der Waals surface area contributed by atoms with Crippen LogP contribution in [0, 0.1) is 0 Å². The maximum absolute atomic E-state index is 12.8. The zero-order valence-corrected chi connectivity index (χ0v) is 12.2. The fourth-order valence-corrected chi connectivity index (χ4v) is 2.09. The minimum atomic E-state index is -4.61. The molecule has 2 aromatic rings. The van der Waals surface area contributed by atoms with E-state index in [1.165, 1.54) is 6.07 Å². The van der Waals surface area contributed by atoms with Crippen molar-refractivity contribution < 1.29 is 18.0 Å². The lowest BCUT2D eigenvalue weighted by Crippen LogP contribution is -2.27. The minimum absolute atomic E-state index is 0.112. The summed E-state index contributed by atoms with van der Waals surface area (Å²) in [6.07, 6.45) is -3.04. The van der Waals surface area contributed by atoms with Gasteiger partial charge in [-0.2, -0.15) is 13.2 Å². The van der Waals surface area contributed by atoms with E-state index in [1.54, 1.807) is 31.3 Å². The highest BCUT2D eigenvalue weighted by Gasteiger charge is 2.33. The summed E-state index contributed by atoms with van der Waals surface area (Å²) in [5, 5.41) is 2.16. The summed E-state index contributed by atoms with van der Waals surface area (Å²) >= 11 is 5.53. The fraction of sp³-hybridized carbons (Fsp3) is 0.200. The Hall–Kier alpha value is -2.08. The number of carbonyl (C=O) groups excluding carboxylic acids is 1. The van der Waals surface area contributed by atoms with Crippen molar-refractivity contribution in [2.75, 3.05) is 0 Å². The summed E-state index contributed by atoms with van der Waals surface area (Å²) < 4.78 is 38.4. The van der Waals surface area contributed by atoms with Gasteiger partial charge in [0.2, 0.25) is 0 Å². The molecule has 0 aliphatic rings. The quantitative estimate of drug-likeness (QED) is 0.915. The van der Waals surface area contributed by atoms with E-state index in [9.17, 15) is 18.0 Å². The van der Waals surface area contributed by atoms with Crippen LogP contribution in [0.15, 0.2) is 42.6 Å². The lowest BCUT2D eigenvalue weighted by atomic mass is 10.1. The van der Waals surface area contributed by atoms with Crippen molar-refractivity contribution in [3.63, 3.8) is 0 Å². The Balaban J connectivity index is 2.20. The zero-order chi connectivity index (χ0) is 16.3. The molecule has 0 unspecified atom stereocenters. The predicted molar refractivity (Wildman–Crippen MR) is 76.6 cm³/mol. The van der Waals surface area contributed by atoms with E-state index in [4.69, 9.17) is 11.6 Å². The average Bonchev–Trinajstić information content (AvgIpc) is 2.47. The number of pyridine rings is 1. The minimum Gasteiger partial charge on any atom is -0.344 e. The highest BCUT2D eigenvalue weighted by molar-refractivity contribution is 6.31. The second-order valence-corrected chi connectivity index (χ2v) is 5.05. The lowest BCUT2D eigenvalue weighted by Gasteiger charge is -2.15. The van der Waals surface area contributed by atoms with E-state index in [2.05, 4.69) is 10.3 Å². The predicted octanol–water partition coefficient (Wildman–Crippen LogP) is 4.24. The lowest BCUT2D eigenvalue weighted by molar-refractivity contribution is -0.137. The van der Waals surface area contributed by atoms with E-state index >= 15 is 0 Å². The van der Waals surface area contributed by atoms with Crippen molar-refractivity contribution in [3.05, 3.63) is 64.4 Å². The molecule has 1 atom stereocenters. The SMILES string of the molecule is C[C@H](NC(=O)c1ccc(Cl)c(C(F)(F)F)c1)c1ccccn1. The molecule has 0 saturated carbocycles. The first-order chi connectivity index (χ1) is 10.3. The third-order valence-electron chi connectivity index (χ3n) is 3.01. The van der Waals surface area contributed by atoms with Crippen LogP contribution in [0.2, 0.25) is 5.02 Å². The number of carbonyl (C=O) groups is 1. The van der Waals surface area contributed by atoms with Gasteiger partial charge in [-0.25, -0.2) is 0 Å². The van der Waals surface area contributed by atoms with E-state index < -0.39 is 28.7 Å². The molecule has 0 saturated heterocycles. The van der Waals surface area contributed by atoms with Crippen LogP contribution in [0.1, 0.15) is 34.6 Å². The number of hydrogen-bond acceptors (Lipinski definition) is 2. The Morgan fingerprint density at radius 3 is 2.59 bits per heavy atom. The van der Waals surface area contributed by atoms with Crippen LogP contribution in [-0.4, -0.2) is 10.9 Å². The summed E-state index contributed by atoms with van der Waals surface area (Å²) in [7, 11) is 0. The van der Waals surface area contributed by atoms with Crippen LogP contribution in [0.25, 0.3) is 0 Å². The number of nitrogens with one attached hydrogen (secondary N) is 1. The molecule has 0 aliphatic heterocycles. The third-order valence-corrected chi connectivity index (χ3v) is 3.34. The van der Waals surface area contributed by atoms with Crippen LogP contribution >= 0.6 is 11.6 Å². The summed E-state index contributed by atoms with van der Waals surface area (Å²) in [6.45, 7) is 1.70. The van der Waals surface area contributed by atoms with E-state index in [1.807, 2.05) is 0 Å². The molecule has 1 amide bonds. The van der Waals surface area contributed by atoms with Gasteiger partial charge in [-0.05, 0) is 37.3 Å². The Bertz CT molecular complexity index is 674. The molecule has 1 N–H and O–H groups in total. The molecule has 1 aromatic heterocycles. The van der Waals surface area contributed by atoms with Gasteiger partial charge in [-0.1, -0.05) is 17.7 Å². The van der Waals surface area contributed by atoms with Crippen molar-refractivity contribution in [1.82, 2.24) is 10.3 Å². The van der Waals surface area contributed by atoms with Gasteiger partial charge in [0, 0.05) is 11.8 Å². The van der Waals surface area contributed by atoms with Crippen LogP contribution < -0.4 is 5.32 Å². The number of rotatable bonds is 3. The van der Waals surface area contributed by atoms with Gasteiger partial charge in [-0.15, -0.1) is 0 Å². The molecule has 3 nitrogen and oxygen atoms in total. The maximum atomic E-state index is 12.8. The van der Waals surface area contributed by atoms with E-state index in [-0.39, 0.29) is 5.56 Å². The monoisotopic (exact) mass is 328 g/mol. The molecule has 1 aromatic carbocycles. The van der Waals surface area contributed by atoms with Crippen LogP contribution in [0.5, 0.6) is 0 Å². The molecule has 0 aliphatic carbocycles. The molecule has 7 heteroatoms. The highest BCUT2D eigenvalue weighted by Crippen LogP contribution is 2.35. The third kappa shape index (κ3) is 3.76. The van der Waals surface area contributed by atoms with Gasteiger partial charge in [-0.3, -0.25) is 9.78 Å². The van der Waals surface area contributed by atoms with Crippen LogP contribution in [-0.2, 0) is 6.18 Å². The normalized spacial score (nSPS) is 12.8. The number of hydrogen-bond donors (Lipinski definition) is 1. The Morgan fingerprint density at radius 2 is 2.00 bits per heavy atom. The Morgan fingerprint density at radius 1 is 1.27 bits per heavy atom. The number of benzene rings is 1. The number of alkyl halides is 3. The summed E-state index contributed by atoms with van der Waals surface area (Å²) in [5.74, 6) is -0.625. The number of aromatic nitrogens is 1. The van der Waals surface area contributed by atoms with Crippen molar-refractivity contribution >= 4 is 17.5 Å². The van der Waals surface area contributed by atoms with Gasteiger partial charge in [0.25, 0.3) is 5.91 Å². The molecule has 0 radical (unpaired) electrons. The van der Waals surface area contributed by atoms with Gasteiger partial charge >= 0.3 is 6.18 Å². The zero-order valence-electron chi connectivity index (χ0n) is 11.5. The fourth-order valence-electron chi connectivity index (χ4n) is 1.87. The van der Waals surface area contributed by atoms with Crippen molar-refractivity contribution in [3.8, 4) is 0 Å². The molecule has 22 heavy (non-hydrogen) atoms. The maximum Gasteiger partial charge on any atom is 0.417 e. The van der Waals surface area contributed by atoms with Crippen molar-refractivity contribution in [1.29, 1.82) is 0 Å². The molecule has 116 valence electrons. The standard InChI is InChI=1S/C15H12ClF3N2O/c1-9(13-4-2-3-7-20-13)21-14(22)10-5-6-12(16)11(8-10)15(17,18)19/h2-9H,1H3,(H,21,22)/t9-/m0/s1. The molecule has 0 bridgehead atoms. The summed E-state index contributed by atoms with van der Waals surface area (Å²) in [5.41, 5.74) is -0.535. The van der Waals surface area contributed by atoms with E-state index in [0.29, 0.717) is 5.69 Å². The first-order valence-electron chi connectivity index (χ1n) is 6.37. The molecular weight excluding hydrogens is 317 g/mol. The van der Waals surface area contributed by atoms with Gasteiger partial charge in [0.15, 0.2) is 0 Å². The second kappa shape index (κ2) is 6.36. The second-order valence-electron chi connectivity index (χ2n) is 4.64.